The van der Waals surface area contributed by atoms with Crippen LogP contribution < -0.4 is 16.0 Å². The minimum absolute atomic E-state index is 0.0982. The highest BCUT2D eigenvalue weighted by atomic mass is 35.5. The number of aldehydes is 1. The zero-order valence-corrected chi connectivity index (χ0v) is 28.1. The quantitative estimate of drug-likeness (QED) is 0.330. The summed E-state index contributed by atoms with van der Waals surface area (Å²) in [5.74, 6) is -1.99. The molecule has 4 atom stereocenters. The van der Waals surface area contributed by atoms with Gasteiger partial charge < -0.3 is 20.7 Å². The van der Waals surface area contributed by atoms with E-state index < -0.39 is 39.3 Å². The molecule has 0 aromatic heterocycles. The highest BCUT2D eigenvalue weighted by Gasteiger charge is 2.60. The molecule has 2 aliphatic heterocycles. The third-order valence-electron chi connectivity index (χ3n) is 8.66. The van der Waals surface area contributed by atoms with E-state index in [2.05, 4.69) is 41.6 Å². The zero-order valence-electron chi connectivity index (χ0n) is 25.8. The molecule has 2 aliphatic rings. The maximum atomic E-state index is 15.9. The van der Waals surface area contributed by atoms with Crippen LogP contribution in [0, 0.1) is 11.2 Å². The molecule has 44 heavy (non-hydrogen) atoms. The topological polar surface area (TPSA) is 111 Å². The summed E-state index contributed by atoms with van der Waals surface area (Å²) in [4.78, 5) is 29.7. The molecule has 4 rings (SSSR count). The van der Waals surface area contributed by atoms with Crippen molar-refractivity contribution in [1.29, 1.82) is 0 Å². The number of carbonyl (C=O) groups is 2. The summed E-state index contributed by atoms with van der Waals surface area (Å²) < 4.78 is 41.1. The van der Waals surface area contributed by atoms with E-state index in [1.54, 1.807) is 37.4 Å². The highest BCUT2D eigenvalue weighted by Crippen LogP contribution is 2.53. The van der Waals surface area contributed by atoms with Crippen LogP contribution in [0.15, 0.2) is 36.4 Å². The van der Waals surface area contributed by atoms with Crippen LogP contribution in [0.2, 0.25) is 10.0 Å². The van der Waals surface area contributed by atoms with Crippen molar-refractivity contribution in [3.63, 3.8) is 0 Å². The summed E-state index contributed by atoms with van der Waals surface area (Å²) in [5.41, 5.74) is -0.250. The van der Waals surface area contributed by atoms with Gasteiger partial charge in [-0.05, 0) is 41.2 Å². The Bertz CT molecular complexity index is 1480. The average molecular weight is 671 g/mol. The summed E-state index contributed by atoms with van der Waals surface area (Å²) in [6.45, 7) is 8.83. The van der Waals surface area contributed by atoms with Crippen molar-refractivity contribution in [2.75, 3.05) is 57.9 Å². The molecular formula is C31H42Cl2FN5O4S. The van der Waals surface area contributed by atoms with E-state index in [4.69, 9.17) is 23.2 Å². The summed E-state index contributed by atoms with van der Waals surface area (Å²) >= 11 is 12.6. The van der Waals surface area contributed by atoms with Crippen molar-refractivity contribution in [3.05, 3.63) is 63.4 Å². The number of anilines is 1. The number of sulfonamides is 1. The Morgan fingerprint density at radius 3 is 2.43 bits per heavy atom. The first-order valence-electron chi connectivity index (χ1n) is 14.7. The van der Waals surface area contributed by atoms with E-state index in [-0.39, 0.29) is 21.9 Å². The number of piperazine rings is 1. The molecule has 2 fully saturated rings. The molecule has 2 aromatic rings. The fourth-order valence-electron chi connectivity index (χ4n) is 6.62. The first kappa shape index (κ1) is 34.6. The monoisotopic (exact) mass is 669 g/mol. The standard InChI is InChI=1S/C31H42Cl2FN5O4S/c1-30(2,3)18-25-31(19-40,22-10-9-20(32)17-24(22)35-4)26(21-7-6-8-23(33)27(21)34)28(37-25)29(41)36-11-12-38-13-15-39(16-14-38)44(5,42)43/h6-10,17,19,25-26,28,35,37H,11-16,18H2,1-5H3,(H,36,41). The molecule has 0 saturated carbocycles. The lowest BCUT2D eigenvalue weighted by molar-refractivity contribution is -0.123. The van der Waals surface area contributed by atoms with E-state index >= 15 is 4.39 Å². The first-order chi connectivity index (χ1) is 20.6. The average Bonchev–Trinajstić information content (AvgIpc) is 3.27. The van der Waals surface area contributed by atoms with Crippen molar-refractivity contribution in [2.45, 2.75) is 50.6 Å². The van der Waals surface area contributed by atoms with Crippen LogP contribution in [0.1, 0.15) is 44.2 Å². The minimum atomic E-state index is -3.25. The van der Waals surface area contributed by atoms with Crippen molar-refractivity contribution >= 4 is 51.1 Å². The second kappa shape index (κ2) is 13.6. The molecular weight excluding hydrogens is 628 g/mol. The number of hydrogen-bond acceptors (Lipinski definition) is 7. The molecule has 0 spiro atoms. The van der Waals surface area contributed by atoms with E-state index in [0.717, 1.165) is 6.29 Å². The molecule has 9 nitrogen and oxygen atoms in total. The number of nitrogens with zero attached hydrogens (tertiary/aromatic N) is 2. The Kier molecular flexibility index (Phi) is 10.7. The molecule has 242 valence electrons. The van der Waals surface area contributed by atoms with Gasteiger partial charge in [0.15, 0.2) is 0 Å². The van der Waals surface area contributed by atoms with Crippen LogP contribution in [-0.4, -0.2) is 94.5 Å². The first-order valence-corrected chi connectivity index (χ1v) is 17.3. The van der Waals surface area contributed by atoms with Gasteiger partial charge in [0.2, 0.25) is 15.9 Å². The fourth-order valence-corrected chi connectivity index (χ4v) is 7.80. The van der Waals surface area contributed by atoms with Crippen LogP contribution in [0.4, 0.5) is 10.1 Å². The smallest absolute Gasteiger partial charge is 0.237 e. The molecule has 3 N–H and O–H groups in total. The lowest BCUT2D eigenvalue weighted by atomic mass is 9.62. The van der Waals surface area contributed by atoms with Gasteiger partial charge in [0, 0.05) is 69.0 Å². The lowest BCUT2D eigenvalue weighted by Gasteiger charge is -2.39. The third kappa shape index (κ3) is 7.24. The Morgan fingerprint density at radius 1 is 1.16 bits per heavy atom. The van der Waals surface area contributed by atoms with Gasteiger partial charge in [-0.15, -0.1) is 0 Å². The number of nitrogens with one attached hydrogen (secondary N) is 3. The van der Waals surface area contributed by atoms with Crippen LogP contribution >= 0.6 is 23.2 Å². The van der Waals surface area contributed by atoms with Crippen LogP contribution in [0.3, 0.4) is 0 Å². The Balaban J connectivity index is 1.72. The molecule has 2 heterocycles. The summed E-state index contributed by atoms with van der Waals surface area (Å²) in [5, 5.41) is 9.97. The molecule has 4 unspecified atom stereocenters. The SMILES string of the molecule is CNc1cc(Cl)ccc1C1(C=O)C(CC(C)(C)C)NC(C(=O)NCCN2CCN(S(C)(=O)=O)CC2)C1c1cccc(Cl)c1F. The number of rotatable bonds is 10. The van der Waals surface area contributed by atoms with Gasteiger partial charge in [-0.2, -0.15) is 4.31 Å². The molecule has 2 saturated heterocycles. The molecule has 0 bridgehead atoms. The van der Waals surface area contributed by atoms with Gasteiger partial charge in [0.05, 0.1) is 22.7 Å². The van der Waals surface area contributed by atoms with Crippen LogP contribution in [-0.2, 0) is 25.0 Å². The Morgan fingerprint density at radius 2 is 1.84 bits per heavy atom. The predicted molar refractivity (Wildman–Crippen MR) is 174 cm³/mol. The van der Waals surface area contributed by atoms with Crippen molar-refractivity contribution in [3.8, 4) is 0 Å². The minimum Gasteiger partial charge on any atom is -0.388 e. The van der Waals surface area contributed by atoms with E-state index in [9.17, 15) is 18.0 Å². The summed E-state index contributed by atoms with van der Waals surface area (Å²) in [6, 6.07) is 8.32. The number of carbonyl (C=O) groups excluding carboxylic acids is 2. The largest absolute Gasteiger partial charge is 0.388 e. The number of hydrogen-bond donors (Lipinski definition) is 3. The van der Waals surface area contributed by atoms with Gasteiger partial charge in [-0.25, -0.2) is 12.8 Å². The molecule has 1 amide bonds. The fraction of sp³-hybridized carbons (Fsp3) is 0.548. The van der Waals surface area contributed by atoms with Gasteiger partial charge >= 0.3 is 0 Å². The number of benzene rings is 2. The molecule has 0 radical (unpaired) electrons. The van der Waals surface area contributed by atoms with Gasteiger partial charge in [-0.1, -0.05) is 62.2 Å². The maximum absolute atomic E-state index is 15.9. The van der Waals surface area contributed by atoms with Crippen molar-refractivity contribution < 1.29 is 22.4 Å². The third-order valence-corrected chi connectivity index (χ3v) is 10.5. The van der Waals surface area contributed by atoms with Crippen molar-refractivity contribution in [1.82, 2.24) is 19.8 Å². The second-order valence-electron chi connectivity index (χ2n) is 12.9. The normalized spacial score (nSPS) is 25.1. The molecule has 0 aliphatic carbocycles. The highest BCUT2D eigenvalue weighted by molar-refractivity contribution is 7.88. The predicted octanol–water partition coefficient (Wildman–Crippen LogP) is 3.86. The van der Waals surface area contributed by atoms with Gasteiger partial charge in [-0.3, -0.25) is 9.69 Å². The van der Waals surface area contributed by atoms with E-state index in [1.165, 1.54) is 16.6 Å². The van der Waals surface area contributed by atoms with Crippen LogP contribution in [0.5, 0.6) is 0 Å². The Labute approximate surface area is 269 Å². The van der Waals surface area contributed by atoms with Gasteiger partial charge in [0.1, 0.15) is 12.1 Å². The summed E-state index contributed by atoms with van der Waals surface area (Å²) in [6.07, 6.45) is 2.55. The molecule has 13 heteroatoms. The van der Waals surface area contributed by atoms with Gasteiger partial charge in [0.25, 0.3) is 0 Å². The number of amides is 1. The Hall–Kier alpha value is -2.28. The van der Waals surface area contributed by atoms with E-state index in [0.29, 0.717) is 62.0 Å². The molecule has 2 aromatic carbocycles. The second-order valence-corrected chi connectivity index (χ2v) is 15.7. The number of halogens is 3. The summed E-state index contributed by atoms with van der Waals surface area (Å²) in [7, 11) is -1.52. The lowest BCUT2D eigenvalue weighted by Crippen LogP contribution is -2.51. The van der Waals surface area contributed by atoms with Crippen molar-refractivity contribution in [2.24, 2.45) is 5.41 Å². The van der Waals surface area contributed by atoms with Crippen LogP contribution in [0.25, 0.3) is 0 Å². The zero-order chi connectivity index (χ0) is 32.4. The maximum Gasteiger partial charge on any atom is 0.237 e. The van der Waals surface area contributed by atoms with E-state index in [1.807, 2.05) is 0 Å².